The number of hydrogen-bond acceptors (Lipinski definition) is 4. The zero-order chi connectivity index (χ0) is 13.8. The number of benzene rings is 1. The fourth-order valence-corrected chi connectivity index (χ4v) is 1.63. The van der Waals surface area contributed by atoms with Crippen molar-refractivity contribution in [1.82, 2.24) is 0 Å². The van der Waals surface area contributed by atoms with Gasteiger partial charge in [-0.1, -0.05) is 24.3 Å². The van der Waals surface area contributed by atoms with E-state index in [1.165, 1.54) is 24.3 Å². The molecule has 0 bridgehead atoms. The maximum atomic E-state index is 11.0. The minimum absolute atomic E-state index is 0.175. The first kappa shape index (κ1) is 13.9. The number of aliphatic carboxylic acids is 1. The van der Waals surface area contributed by atoms with Gasteiger partial charge in [0.25, 0.3) is 5.69 Å². The van der Waals surface area contributed by atoms with E-state index in [1.807, 2.05) is 0 Å². The molecule has 0 saturated carbocycles. The molecule has 18 heavy (non-hydrogen) atoms. The Morgan fingerprint density at radius 1 is 1.50 bits per heavy atom. The van der Waals surface area contributed by atoms with E-state index in [0.717, 1.165) is 0 Å². The third-order valence-electron chi connectivity index (χ3n) is 2.55. The van der Waals surface area contributed by atoms with Crippen molar-refractivity contribution in [3.8, 4) is 0 Å². The Hall–Kier alpha value is -2.21. The zero-order valence-electron chi connectivity index (χ0n) is 9.57. The van der Waals surface area contributed by atoms with Gasteiger partial charge in [0, 0.05) is 24.5 Å². The molecule has 1 atom stereocenters. The molecule has 1 rings (SSSR count). The molecule has 1 aromatic rings. The number of nitrogens with zero attached hydrogens (tertiary/aromatic N) is 1. The van der Waals surface area contributed by atoms with Crippen molar-refractivity contribution in [2.45, 2.75) is 18.4 Å². The molecule has 1 unspecified atom stereocenters. The van der Waals surface area contributed by atoms with Gasteiger partial charge in [-0.05, 0) is 0 Å². The second-order valence-corrected chi connectivity index (χ2v) is 3.89. The fourth-order valence-electron chi connectivity index (χ4n) is 1.63. The van der Waals surface area contributed by atoms with Crippen LogP contribution < -0.4 is 0 Å². The van der Waals surface area contributed by atoms with Crippen molar-refractivity contribution >= 4 is 11.7 Å². The number of carbonyl (C=O) groups is 1. The van der Waals surface area contributed by atoms with E-state index in [2.05, 4.69) is 6.58 Å². The second-order valence-electron chi connectivity index (χ2n) is 3.89. The highest BCUT2D eigenvalue weighted by molar-refractivity contribution is 5.78. The lowest BCUT2D eigenvalue weighted by molar-refractivity contribution is -0.385. The molecule has 0 aliphatic heterocycles. The zero-order valence-corrected chi connectivity index (χ0v) is 9.57. The van der Waals surface area contributed by atoms with Crippen LogP contribution >= 0.6 is 0 Å². The highest BCUT2D eigenvalue weighted by Crippen LogP contribution is 2.25. The highest BCUT2D eigenvalue weighted by atomic mass is 16.6. The number of carboxylic acid groups (broad SMARTS) is 1. The largest absolute Gasteiger partial charge is 0.479 e. The molecule has 1 aromatic carbocycles. The van der Waals surface area contributed by atoms with Crippen molar-refractivity contribution in [1.29, 1.82) is 0 Å². The van der Waals surface area contributed by atoms with Crippen molar-refractivity contribution < 1.29 is 19.9 Å². The molecular formula is C12H13NO5. The van der Waals surface area contributed by atoms with Crippen LogP contribution in [0.1, 0.15) is 12.0 Å². The van der Waals surface area contributed by atoms with E-state index >= 15 is 0 Å². The van der Waals surface area contributed by atoms with Gasteiger partial charge in [0.05, 0.1) is 4.92 Å². The summed E-state index contributed by atoms with van der Waals surface area (Å²) in [7, 11) is 0. The van der Waals surface area contributed by atoms with Crippen LogP contribution in [0.4, 0.5) is 5.69 Å². The summed E-state index contributed by atoms with van der Waals surface area (Å²) in [5.41, 5.74) is -2.11. The van der Waals surface area contributed by atoms with Gasteiger partial charge in [-0.3, -0.25) is 10.1 Å². The molecule has 2 N–H and O–H groups in total. The average Bonchev–Trinajstić information content (AvgIpc) is 2.29. The Labute approximate surface area is 103 Å². The topological polar surface area (TPSA) is 101 Å². The van der Waals surface area contributed by atoms with Crippen LogP contribution in [0.3, 0.4) is 0 Å². The summed E-state index contributed by atoms with van der Waals surface area (Å²) in [6.45, 7) is 3.37. The lowest BCUT2D eigenvalue weighted by Gasteiger charge is -2.21. The van der Waals surface area contributed by atoms with Gasteiger partial charge >= 0.3 is 5.97 Å². The molecule has 6 heteroatoms. The van der Waals surface area contributed by atoms with Crippen molar-refractivity contribution in [3.05, 3.63) is 52.6 Å². The van der Waals surface area contributed by atoms with Crippen LogP contribution in [0.5, 0.6) is 0 Å². The Kier molecular flexibility index (Phi) is 4.17. The summed E-state index contributed by atoms with van der Waals surface area (Å²) < 4.78 is 0. The summed E-state index contributed by atoms with van der Waals surface area (Å²) in [5, 5.41) is 29.7. The Morgan fingerprint density at radius 2 is 2.11 bits per heavy atom. The van der Waals surface area contributed by atoms with Gasteiger partial charge in [0.1, 0.15) is 0 Å². The number of para-hydroxylation sites is 1. The normalized spacial score (nSPS) is 13.6. The molecule has 0 aliphatic rings. The van der Waals surface area contributed by atoms with E-state index in [1.54, 1.807) is 6.07 Å². The van der Waals surface area contributed by atoms with Crippen molar-refractivity contribution in [2.24, 2.45) is 0 Å². The molecule has 0 saturated heterocycles. The molecule has 0 amide bonds. The molecule has 0 spiro atoms. The van der Waals surface area contributed by atoms with E-state index in [-0.39, 0.29) is 24.1 Å². The maximum absolute atomic E-state index is 11.0. The Balaban J connectivity index is 3.12. The molecule has 6 nitrogen and oxygen atoms in total. The monoisotopic (exact) mass is 251 g/mol. The number of nitro benzene ring substituents is 1. The minimum Gasteiger partial charge on any atom is -0.479 e. The van der Waals surface area contributed by atoms with Crippen LogP contribution in [0.15, 0.2) is 36.9 Å². The predicted molar refractivity (Wildman–Crippen MR) is 64.2 cm³/mol. The summed E-state index contributed by atoms with van der Waals surface area (Å²) in [6.07, 6.45) is 0.739. The van der Waals surface area contributed by atoms with Gasteiger partial charge in [-0.2, -0.15) is 0 Å². The Morgan fingerprint density at radius 3 is 2.61 bits per heavy atom. The van der Waals surface area contributed by atoms with Gasteiger partial charge in [0.2, 0.25) is 0 Å². The Bertz CT molecular complexity index is 485. The minimum atomic E-state index is -2.08. The smallest absolute Gasteiger partial charge is 0.336 e. The van der Waals surface area contributed by atoms with Crippen molar-refractivity contribution in [3.63, 3.8) is 0 Å². The molecular weight excluding hydrogens is 238 g/mol. The SMILES string of the molecule is C=CCC(O)(Cc1ccccc1[N+](=O)[O-])C(=O)O. The summed E-state index contributed by atoms with van der Waals surface area (Å²) in [4.78, 5) is 21.2. The predicted octanol–water partition coefficient (Wildman–Crippen LogP) is 1.53. The van der Waals surface area contributed by atoms with Crippen LogP contribution in [0, 0.1) is 10.1 Å². The molecule has 0 fully saturated rings. The average molecular weight is 251 g/mol. The van der Waals surface area contributed by atoms with Crippen LogP contribution in [-0.2, 0) is 11.2 Å². The maximum Gasteiger partial charge on any atom is 0.336 e. The fraction of sp³-hybridized carbons (Fsp3) is 0.250. The molecule has 0 aromatic heterocycles. The molecule has 0 aliphatic carbocycles. The second kappa shape index (κ2) is 5.42. The van der Waals surface area contributed by atoms with E-state index in [0.29, 0.717) is 0 Å². The first-order valence-corrected chi connectivity index (χ1v) is 5.19. The van der Waals surface area contributed by atoms with Crippen molar-refractivity contribution in [2.75, 3.05) is 0 Å². The first-order valence-electron chi connectivity index (χ1n) is 5.19. The van der Waals surface area contributed by atoms with Crippen LogP contribution in [0.25, 0.3) is 0 Å². The van der Waals surface area contributed by atoms with Crippen LogP contribution in [-0.4, -0.2) is 26.7 Å². The standard InChI is InChI=1S/C12H13NO5/c1-2-7-12(16,11(14)15)8-9-5-3-4-6-10(9)13(17)18/h2-6,16H,1,7-8H2,(H,14,15). The van der Waals surface area contributed by atoms with Gasteiger partial charge in [-0.15, -0.1) is 6.58 Å². The summed E-state index contributed by atoms with van der Waals surface area (Å²) in [6, 6.07) is 5.73. The summed E-state index contributed by atoms with van der Waals surface area (Å²) in [5.74, 6) is -1.43. The van der Waals surface area contributed by atoms with Gasteiger partial charge in [-0.25, -0.2) is 4.79 Å². The molecule has 96 valence electrons. The first-order chi connectivity index (χ1) is 8.40. The number of aliphatic hydroxyl groups is 1. The van der Waals surface area contributed by atoms with E-state index < -0.39 is 16.5 Å². The van der Waals surface area contributed by atoms with E-state index in [9.17, 15) is 20.0 Å². The van der Waals surface area contributed by atoms with Gasteiger partial charge in [0.15, 0.2) is 5.60 Å². The quantitative estimate of drug-likeness (QED) is 0.453. The number of hydrogen-bond donors (Lipinski definition) is 2. The molecule has 0 radical (unpaired) electrons. The lowest BCUT2D eigenvalue weighted by atomic mass is 9.90. The number of carboxylic acids is 1. The number of nitro groups is 1. The number of rotatable bonds is 6. The van der Waals surface area contributed by atoms with E-state index in [4.69, 9.17) is 5.11 Å². The lowest BCUT2D eigenvalue weighted by Crippen LogP contribution is -2.40. The summed E-state index contributed by atoms with van der Waals surface area (Å²) >= 11 is 0. The van der Waals surface area contributed by atoms with Gasteiger partial charge < -0.3 is 10.2 Å². The molecule has 0 heterocycles. The highest BCUT2D eigenvalue weighted by Gasteiger charge is 2.36. The van der Waals surface area contributed by atoms with Crippen LogP contribution in [0.2, 0.25) is 0 Å². The third kappa shape index (κ3) is 2.92. The third-order valence-corrected chi connectivity index (χ3v) is 2.55.